The largest absolute Gasteiger partial charge is 0.216 e. The molecule has 80 valence electrons. The molecule has 0 bridgehead atoms. The smallest absolute Gasteiger partial charge is 0.186 e. The molecule has 0 aliphatic rings. The molecule has 0 saturated heterocycles. The highest BCUT2D eigenvalue weighted by Crippen LogP contribution is 2.12. The highest BCUT2D eigenvalue weighted by Gasteiger charge is 2.08. The number of aryl methyl sites for hydroxylation is 1. The minimum atomic E-state index is 0.375. The van der Waals surface area contributed by atoms with Gasteiger partial charge in [-0.3, -0.25) is 0 Å². The quantitative estimate of drug-likeness (QED) is 0.765. The summed E-state index contributed by atoms with van der Waals surface area (Å²) < 4.78 is 1.68. The molecule has 0 N–H and O–H groups in total. The predicted octanol–water partition coefficient (Wildman–Crippen LogP) is 2.01. The van der Waals surface area contributed by atoms with Gasteiger partial charge < -0.3 is 0 Å². The summed E-state index contributed by atoms with van der Waals surface area (Å²) in [4.78, 5) is 0. The summed E-state index contributed by atoms with van der Waals surface area (Å²) in [5.41, 5.74) is 3.36. The molecule has 4 nitrogen and oxygen atoms in total. The lowest BCUT2D eigenvalue weighted by molar-refractivity contribution is 0.784. The van der Waals surface area contributed by atoms with Crippen molar-refractivity contribution in [2.75, 3.05) is 0 Å². The van der Waals surface area contributed by atoms with E-state index in [1.807, 2.05) is 25.1 Å². The van der Waals surface area contributed by atoms with Crippen molar-refractivity contribution >= 4 is 0 Å². The van der Waals surface area contributed by atoms with Gasteiger partial charge in [0.1, 0.15) is 6.07 Å². The first-order valence-electron chi connectivity index (χ1n) is 5.18. The first-order chi connectivity index (χ1) is 7.76. The summed E-state index contributed by atoms with van der Waals surface area (Å²) in [5, 5.41) is 16.6. The van der Waals surface area contributed by atoms with Crippen molar-refractivity contribution in [2.24, 2.45) is 0 Å². The number of hydrogen-bond acceptors (Lipinski definition) is 3. The first-order valence-corrected chi connectivity index (χ1v) is 5.18. The van der Waals surface area contributed by atoms with E-state index in [2.05, 4.69) is 29.4 Å². The number of nitriles is 1. The summed E-state index contributed by atoms with van der Waals surface area (Å²) in [7, 11) is 0. The number of hydrogen-bond donors (Lipinski definition) is 0. The van der Waals surface area contributed by atoms with Gasteiger partial charge in [-0.15, -0.1) is 5.10 Å². The molecule has 0 saturated carbocycles. The van der Waals surface area contributed by atoms with Crippen molar-refractivity contribution in [3.63, 3.8) is 0 Å². The van der Waals surface area contributed by atoms with Gasteiger partial charge in [-0.2, -0.15) is 5.26 Å². The molecule has 16 heavy (non-hydrogen) atoms. The summed E-state index contributed by atoms with van der Waals surface area (Å²) >= 11 is 0. The second-order valence-corrected chi connectivity index (χ2v) is 3.57. The second kappa shape index (κ2) is 4.15. The molecule has 2 aromatic rings. The van der Waals surface area contributed by atoms with Crippen molar-refractivity contribution in [1.82, 2.24) is 15.0 Å². The minimum absolute atomic E-state index is 0.375. The lowest BCUT2D eigenvalue weighted by Gasteiger charge is -2.03. The van der Waals surface area contributed by atoms with E-state index >= 15 is 0 Å². The van der Waals surface area contributed by atoms with Crippen LogP contribution in [0.15, 0.2) is 24.3 Å². The van der Waals surface area contributed by atoms with E-state index < -0.39 is 0 Å². The average Bonchev–Trinajstić information content (AvgIpc) is 2.70. The fraction of sp³-hybridized carbons (Fsp3) is 0.250. The third-order valence-electron chi connectivity index (χ3n) is 2.59. The fourth-order valence-corrected chi connectivity index (χ4v) is 1.55. The predicted molar refractivity (Wildman–Crippen MR) is 60.2 cm³/mol. The van der Waals surface area contributed by atoms with E-state index in [0.29, 0.717) is 5.69 Å². The van der Waals surface area contributed by atoms with E-state index in [1.54, 1.807) is 4.68 Å². The highest BCUT2D eigenvalue weighted by atomic mass is 15.4. The topological polar surface area (TPSA) is 54.5 Å². The van der Waals surface area contributed by atoms with Crippen LogP contribution in [-0.2, 0) is 6.42 Å². The minimum Gasteiger partial charge on any atom is -0.216 e. The standard InChI is InChI=1S/C12H12N4/c1-3-10-4-6-11(7-5-10)16-9(2)12(8-13)14-15-16/h4-7H,3H2,1-2H3. The van der Waals surface area contributed by atoms with Crippen LogP contribution in [0.2, 0.25) is 0 Å². The second-order valence-electron chi connectivity index (χ2n) is 3.57. The molecule has 1 aromatic carbocycles. The Labute approximate surface area is 94.1 Å². The van der Waals surface area contributed by atoms with E-state index in [0.717, 1.165) is 17.8 Å². The Balaban J connectivity index is 2.43. The van der Waals surface area contributed by atoms with Crippen LogP contribution in [0.3, 0.4) is 0 Å². The van der Waals surface area contributed by atoms with Crippen LogP contribution in [0.4, 0.5) is 0 Å². The van der Waals surface area contributed by atoms with Crippen molar-refractivity contribution in [2.45, 2.75) is 20.3 Å². The Morgan fingerprint density at radius 2 is 2.00 bits per heavy atom. The molecule has 0 fully saturated rings. The molecule has 0 radical (unpaired) electrons. The first kappa shape index (κ1) is 10.4. The van der Waals surface area contributed by atoms with Crippen molar-refractivity contribution in [3.05, 3.63) is 41.2 Å². The number of benzene rings is 1. The maximum absolute atomic E-state index is 8.80. The van der Waals surface area contributed by atoms with Crippen LogP contribution < -0.4 is 0 Å². The SMILES string of the molecule is CCc1ccc(-n2nnc(C#N)c2C)cc1. The van der Waals surface area contributed by atoms with Crippen molar-refractivity contribution < 1.29 is 0 Å². The van der Waals surface area contributed by atoms with Crippen LogP contribution in [0, 0.1) is 18.3 Å². The Morgan fingerprint density at radius 1 is 1.31 bits per heavy atom. The summed E-state index contributed by atoms with van der Waals surface area (Å²) in [6.45, 7) is 3.95. The molecule has 0 aliphatic carbocycles. The van der Waals surface area contributed by atoms with Gasteiger partial charge in [-0.25, -0.2) is 4.68 Å². The van der Waals surface area contributed by atoms with E-state index in [-0.39, 0.29) is 0 Å². The van der Waals surface area contributed by atoms with E-state index in [4.69, 9.17) is 5.26 Å². The number of nitrogens with zero attached hydrogens (tertiary/aromatic N) is 4. The van der Waals surface area contributed by atoms with Crippen LogP contribution >= 0.6 is 0 Å². The molecule has 0 amide bonds. The number of aromatic nitrogens is 3. The zero-order chi connectivity index (χ0) is 11.5. The van der Waals surface area contributed by atoms with Gasteiger partial charge >= 0.3 is 0 Å². The van der Waals surface area contributed by atoms with Crippen LogP contribution in [0.25, 0.3) is 5.69 Å². The number of rotatable bonds is 2. The zero-order valence-corrected chi connectivity index (χ0v) is 9.31. The monoisotopic (exact) mass is 212 g/mol. The van der Waals surface area contributed by atoms with Gasteiger partial charge in [0.2, 0.25) is 0 Å². The molecule has 0 aliphatic heterocycles. The third-order valence-corrected chi connectivity index (χ3v) is 2.59. The summed E-state index contributed by atoms with van der Waals surface area (Å²) in [5.74, 6) is 0. The molecule has 0 spiro atoms. The van der Waals surface area contributed by atoms with E-state index in [1.165, 1.54) is 5.56 Å². The molecular formula is C12H12N4. The molecule has 0 atom stereocenters. The molecule has 1 aromatic heterocycles. The Hall–Kier alpha value is -2.15. The van der Waals surface area contributed by atoms with Gasteiger partial charge in [0.15, 0.2) is 5.69 Å². The van der Waals surface area contributed by atoms with Crippen molar-refractivity contribution in [1.29, 1.82) is 5.26 Å². The fourth-order valence-electron chi connectivity index (χ4n) is 1.55. The van der Waals surface area contributed by atoms with Crippen LogP contribution in [0.1, 0.15) is 23.9 Å². The van der Waals surface area contributed by atoms with Crippen LogP contribution in [-0.4, -0.2) is 15.0 Å². The lowest BCUT2D eigenvalue weighted by Crippen LogP contribution is -1.99. The Bertz CT molecular complexity index is 531. The molecule has 4 heteroatoms. The zero-order valence-electron chi connectivity index (χ0n) is 9.31. The molecule has 0 unspecified atom stereocenters. The maximum Gasteiger partial charge on any atom is 0.186 e. The Morgan fingerprint density at radius 3 is 2.50 bits per heavy atom. The van der Waals surface area contributed by atoms with Gasteiger partial charge in [-0.05, 0) is 31.0 Å². The highest BCUT2D eigenvalue weighted by molar-refractivity contribution is 5.37. The van der Waals surface area contributed by atoms with Gasteiger partial charge in [0, 0.05) is 0 Å². The van der Waals surface area contributed by atoms with Gasteiger partial charge in [-0.1, -0.05) is 24.3 Å². The summed E-state index contributed by atoms with van der Waals surface area (Å²) in [6.07, 6.45) is 1.01. The average molecular weight is 212 g/mol. The molecule has 2 rings (SSSR count). The van der Waals surface area contributed by atoms with Crippen molar-refractivity contribution in [3.8, 4) is 11.8 Å². The Kier molecular flexibility index (Phi) is 2.69. The molecular weight excluding hydrogens is 200 g/mol. The maximum atomic E-state index is 8.80. The lowest BCUT2D eigenvalue weighted by atomic mass is 10.1. The van der Waals surface area contributed by atoms with Gasteiger partial charge in [0.05, 0.1) is 11.4 Å². The van der Waals surface area contributed by atoms with E-state index in [9.17, 15) is 0 Å². The normalized spacial score (nSPS) is 10.1. The van der Waals surface area contributed by atoms with Gasteiger partial charge in [0.25, 0.3) is 0 Å². The van der Waals surface area contributed by atoms with Crippen LogP contribution in [0.5, 0.6) is 0 Å². The summed E-state index contributed by atoms with van der Waals surface area (Å²) in [6, 6.07) is 10.1. The molecule has 1 heterocycles. The third kappa shape index (κ3) is 1.68.